The minimum atomic E-state index is -0.271. The minimum absolute atomic E-state index is 0.0275. The van der Waals surface area contributed by atoms with Gasteiger partial charge in [0.15, 0.2) is 11.5 Å². The summed E-state index contributed by atoms with van der Waals surface area (Å²) in [7, 11) is 0. The number of hydrogen-bond acceptors (Lipinski definition) is 5. The van der Waals surface area contributed by atoms with E-state index in [0.717, 1.165) is 42.2 Å². The van der Waals surface area contributed by atoms with Crippen molar-refractivity contribution in [3.05, 3.63) is 53.6 Å². The third kappa shape index (κ3) is 3.00. The van der Waals surface area contributed by atoms with Gasteiger partial charge in [-0.25, -0.2) is 0 Å². The van der Waals surface area contributed by atoms with E-state index in [9.17, 15) is 4.79 Å². The summed E-state index contributed by atoms with van der Waals surface area (Å²) < 4.78 is 17.2. The van der Waals surface area contributed by atoms with E-state index in [2.05, 4.69) is 5.32 Å². The van der Waals surface area contributed by atoms with E-state index in [1.54, 1.807) is 0 Å². The highest BCUT2D eigenvalue weighted by atomic mass is 16.6. The van der Waals surface area contributed by atoms with Crippen LogP contribution in [0.25, 0.3) is 0 Å². The molecule has 140 valence electrons. The Hall–Kier alpha value is -2.73. The lowest BCUT2D eigenvalue weighted by molar-refractivity contribution is 0.0426. The molecule has 5 rings (SSSR count). The molecular weight excluding hydrogens is 344 g/mol. The van der Waals surface area contributed by atoms with Gasteiger partial charge in [-0.2, -0.15) is 0 Å². The molecule has 2 atom stereocenters. The van der Waals surface area contributed by atoms with Crippen LogP contribution < -0.4 is 14.8 Å². The summed E-state index contributed by atoms with van der Waals surface area (Å²) in [6, 6.07) is 13.5. The number of carbonyl (C=O) groups excluding carboxylic acids is 1. The van der Waals surface area contributed by atoms with Gasteiger partial charge in [0.2, 0.25) is 0 Å². The van der Waals surface area contributed by atoms with Gasteiger partial charge in [0.1, 0.15) is 19.4 Å². The number of fused-ring (bicyclic) bond motifs is 2. The van der Waals surface area contributed by atoms with Gasteiger partial charge in [-0.1, -0.05) is 18.2 Å². The van der Waals surface area contributed by atoms with Crippen LogP contribution in [0.4, 0.5) is 5.69 Å². The van der Waals surface area contributed by atoms with Crippen molar-refractivity contribution >= 4 is 11.6 Å². The molecule has 6 heteroatoms. The normalized spacial score (nSPS) is 23.7. The molecular formula is C21H22N2O4. The lowest BCUT2D eigenvalue weighted by Gasteiger charge is -2.39. The number of para-hydroxylation sites is 1. The van der Waals surface area contributed by atoms with Crippen molar-refractivity contribution in [2.45, 2.75) is 25.1 Å². The molecule has 6 nitrogen and oxygen atoms in total. The lowest BCUT2D eigenvalue weighted by atomic mass is 10.0. The second kappa shape index (κ2) is 6.78. The van der Waals surface area contributed by atoms with Crippen LogP contribution in [0.1, 0.15) is 34.9 Å². The van der Waals surface area contributed by atoms with E-state index < -0.39 is 0 Å². The van der Waals surface area contributed by atoms with Crippen molar-refractivity contribution in [1.82, 2.24) is 4.90 Å². The molecule has 0 spiro atoms. The monoisotopic (exact) mass is 366 g/mol. The fraction of sp³-hybridized carbons (Fsp3) is 0.381. The zero-order chi connectivity index (χ0) is 18.2. The summed E-state index contributed by atoms with van der Waals surface area (Å²) in [5, 5.41) is 3.53. The van der Waals surface area contributed by atoms with E-state index in [-0.39, 0.29) is 18.2 Å². The van der Waals surface area contributed by atoms with Crippen LogP contribution in [0.15, 0.2) is 42.5 Å². The van der Waals surface area contributed by atoms with Crippen molar-refractivity contribution in [1.29, 1.82) is 0 Å². The number of benzene rings is 2. The van der Waals surface area contributed by atoms with Crippen molar-refractivity contribution in [3.63, 3.8) is 0 Å². The zero-order valence-electron chi connectivity index (χ0n) is 15.0. The minimum Gasteiger partial charge on any atom is -0.486 e. The number of hydrogen-bond donors (Lipinski definition) is 1. The second-order valence-corrected chi connectivity index (χ2v) is 7.09. The Bertz CT molecular complexity index is 863. The molecule has 3 heterocycles. The number of ether oxygens (including phenoxy) is 3. The Kier molecular flexibility index (Phi) is 4.13. The average Bonchev–Trinajstić information content (AvgIpc) is 3.23. The van der Waals surface area contributed by atoms with Gasteiger partial charge in [-0.3, -0.25) is 4.79 Å². The molecule has 0 aliphatic carbocycles. The number of nitrogens with one attached hydrogen (secondary N) is 1. The molecule has 27 heavy (non-hydrogen) atoms. The largest absolute Gasteiger partial charge is 0.486 e. The highest BCUT2D eigenvalue weighted by Crippen LogP contribution is 2.38. The first-order valence-electron chi connectivity index (χ1n) is 9.47. The van der Waals surface area contributed by atoms with Gasteiger partial charge in [-0.15, -0.1) is 0 Å². The SMILES string of the molecule is O=C1c2ccccc2NC(c2ccc3c(c2)OCCO3)N1CC1CCCO1. The topological polar surface area (TPSA) is 60.0 Å². The van der Waals surface area contributed by atoms with Gasteiger partial charge in [0.05, 0.1) is 11.7 Å². The van der Waals surface area contributed by atoms with Crippen molar-refractivity contribution in [2.75, 3.05) is 31.7 Å². The Labute approximate surface area is 158 Å². The summed E-state index contributed by atoms with van der Waals surface area (Å²) in [5.74, 6) is 1.50. The maximum absolute atomic E-state index is 13.3. The number of rotatable bonds is 3. The molecule has 1 fully saturated rings. The molecule has 0 saturated carbocycles. The summed E-state index contributed by atoms with van der Waals surface area (Å²) in [6.45, 7) is 2.44. The van der Waals surface area contributed by atoms with Gasteiger partial charge in [0.25, 0.3) is 5.91 Å². The Balaban J connectivity index is 1.52. The number of amides is 1. The molecule has 1 N–H and O–H groups in total. The Morgan fingerprint density at radius 1 is 1.04 bits per heavy atom. The predicted molar refractivity (Wildman–Crippen MR) is 100 cm³/mol. The molecule has 3 aliphatic heterocycles. The first kappa shape index (κ1) is 16.4. The second-order valence-electron chi connectivity index (χ2n) is 7.09. The molecule has 0 radical (unpaired) electrons. The number of nitrogens with zero attached hydrogens (tertiary/aromatic N) is 1. The maximum atomic E-state index is 13.3. The van der Waals surface area contributed by atoms with E-state index in [1.165, 1.54) is 0 Å². The first-order chi connectivity index (χ1) is 13.3. The summed E-state index contributed by atoms with van der Waals surface area (Å²) >= 11 is 0. The van der Waals surface area contributed by atoms with Gasteiger partial charge < -0.3 is 24.4 Å². The first-order valence-corrected chi connectivity index (χ1v) is 9.47. The molecule has 1 saturated heterocycles. The Morgan fingerprint density at radius 3 is 2.74 bits per heavy atom. The quantitative estimate of drug-likeness (QED) is 0.904. The van der Waals surface area contributed by atoms with Crippen LogP contribution in [0.2, 0.25) is 0 Å². The van der Waals surface area contributed by atoms with Gasteiger partial charge >= 0.3 is 0 Å². The molecule has 2 aromatic carbocycles. The van der Waals surface area contributed by atoms with Crippen LogP contribution in [0.3, 0.4) is 0 Å². The number of carbonyl (C=O) groups is 1. The van der Waals surface area contributed by atoms with Crippen molar-refractivity contribution < 1.29 is 19.0 Å². The standard InChI is InChI=1S/C21H22N2O4/c24-21-16-5-1-2-6-17(16)22-20(23(21)13-15-4-3-9-25-15)14-7-8-18-19(12-14)27-11-10-26-18/h1-2,5-8,12,15,20,22H,3-4,9-11,13H2. The smallest absolute Gasteiger partial charge is 0.257 e. The maximum Gasteiger partial charge on any atom is 0.257 e. The third-order valence-corrected chi connectivity index (χ3v) is 5.33. The highest BCUT2D eigenvalue weighted by molar-refractivity contribution is 6.01. The average molecular weight is 366 g/mol. The van der Waals surface area contributed by atoms with E-state index in [0.29, 0.717) is 25.3 Å². The highest BCUT2D eigenvalue weighted by Gasteiger charge is 2.35. The fourth-order valence-electron chi connectivity index (χ4n) is 3.98. The fourth-order valence-corrected chi connectivity index (χ4v) is 3.98. The Morgan fingerprint density at radius 2 is 1.89 bits per heavy atom. The van der Waals surface area contributed by atoms with E-state index >= 15 is 0 Å². The van der Waals surface area contributed by atoms with Crippen molar-refractivity contribution in [3.8, 4) is 11.5 Å². The molecule has 2 unspecified atom stereocenters. The van der Waals surface area contributed by atoms with Gasteiger partial charge in [-0.05, 0) is 42.7 Å². The predicted octanol–water partition coefficient (Wildman–Crippen LogP) is 3.20. The third-order valence-electron chi connectivity index (χ3n) is 5.33. The lowest BCUT2D eigenvalue weighted by Crippen LogP contribution is -2.46. The summed E-state index contributed by atoms with van der Waals surface area (Å²) in [6.07, 6.45) is 1.85. The van der Waals surface area contributed by atoms with Crippen LogP contribution in [0.5, 0.6) is 11.5 Å². The van der Waals surface area contributed by atoms with Gasteiger partial charge in [0, 0.05) is 18.8 Å². The number of anilines is 1. The molecule has 0 aromatic heterocycles. The van der Waals surface area contributed by atoms with Crippen LogP contribution >= 0.6 is 0 Å². The van der Waals surface area contributed by atoms with Crippen molar-refractivity contribution in [2.24, 2.45) is 0 Å². The molecule has 3 aliphatic rings. The zero-order valence-corrected chi connectivity index (χ0v) is 15.0. The molecule has 0 bridgehead atoms. The molecule has 2 aromatic rings. The van der Waals surface area contributed by atoms with Crippen LogP contribution in [0, 0.1) is 0 Å². The summed E-state index contributed by atoms with van der Waals surface area (Å²) in [5.41, 5.74) is 2.52. The van der Waals surface area contributed by atoms with Crippen LogP contribution in [-0.4, -0.2) is 43.3 Å². The van der Waals surface area contributed by atoms with E-state index in [4.69, 9.17) is 14.2 Å². The summed E-state index contributed by atoms with van der Waals surface area (Å²) in [4.78, 5) is 15.1. The van der Waals surface area contributed by atoms with Crippen LogP contribution in [-0.2, 0) is 4.74 Å². The molecule has 1 amide bonds. The van der Waals surface area contributed by atoms with E-state index in [1.807, 2.05) is 47.4 Å².